The van der Waals surface area contributed by atoms with E-state index in [4.69, 9.17) is 11.6 Å². The predicted molar refractivity (Wildman–Crippen MR) is 111 cm³/mol. The summed E-state index contributed by atoms with van der Waals surface area (Å²) >= 11 is 6.01. The van der Waals surface area contributed by atoms with E-state index < -0.39 is 5.92 Å². The van der Waals surface area contributed by atoms with Crippen LogP contribution >= 0.6 is 11.6 Å². The van der Waals surface area contributed by atoms with Crippen LogP contribution in [0.1, 0.15) is 17.5 Å². The molecule has 1 fully saturated rings. The lowest BCUT2D eigenvalue weighted by molar-refractivity contribution is -0.128. The van der Waals surface area contributed by atoms with Crippen molar-refractivity contribution < 1.29 is 14.0 Å². The van der Waals surface area contributed by atoms with Gasteiger partial charge in [-0.15, -0.1) is 0 Å². The standard InChI is InChI=1S/C22H21ClFN3O2/c1-13-2-3-16(23)9-20(13)26-22(29)15-8-21(28)27(12-15)7-6-14-11-25-19-5-4-17(24)10-18(14)19/h2-5,9-11,15,25H,6-8,12H2,1H3,(H,26,29)/t15-/m0/s1. The molecule has 2 N–H and O–H groups in total. The molecule has 3 aromatic rings. The molecule has 4 rings (SSSR count). The van der Waals surface area contributed by atoms with Gasteiger partial charge in [0.2, 0.25) is 11.8 Å². The van der Waals surface area contributed by atoms with Gasteiger partial charge in [-0.1, -0.05) is 17.7 Å². The van der Waals surface area contributed by atoms with Gasteiger partial charge in [-0.05, 0) is 54.8 Å². The highest BCUT2D eigenvalue weighted by Gasteiger charge is 2.34. The van der Waals surface area contributed by atoms with Crippen molar-refractivity contribution in [2.45, 2.75) is 19.8 Å². The Labute approximate surface area is 172 Å². The number of nitrogens with zero attached hydrogens (tertiary/aromatic N) is 1. The summed E-state index contributed by atoms with van der Waals surface area (Å²) in [6.45, 7) is 2.76. The summed E-state index contributed by atoms with van der Waals surface area (Å²) in [4.78, 5) is 29.9. The van der Waals surface area contributed by atoms with E-state index in [9.17, 15) is 14.0 Å². The second-order valence-electron chi connectivity index (χ2n) is 7.44. The van der Waals surface area contributed by atoms with Crippen molar-refractivity contribution in [2.75, 3.05) is 18.4 Å². The minimum Gasteiger partial charge on any atom is -0.361 e. The van der Waals surface area contributed by atoms with E-state index in [0.717, 1.165) is 22.0 Å². The average molecular weight is 414 g/mol. The van der Waals surface area contributed by atoms with E-state index in [1.54, 1.807) is 23.1 Å². The second kappa shape index (κ2) is 7.87. The van der Waals surface area contributed by atoms with E-state index in [-0.39, 0.29) is 24.1 Å². The first-order valence-corrected chi connectivity index (χ1v) is 9.89. The number of carbonyl (C=O) groups is 2. The molecule has 1 atom stereocenters. The Morgan fingerprint density at radius 3 is 2.97 bits per heavy atom. The Bertz CT molecular complexity index is 1090. The van der Waals surface area contributed by atoms with Gasteiger partial charge >= 0.3 is 0 Å². The summed E-state index contributed by atoms with van der Waals surface area (Å²) in [5.41, 5.74) is 3.39. The molecular weight excluding hydrogens is 393 g/mol. The van der Waals surface area contributed by atoms with Gasteiger partial charge in [0.15, 0.2) is 0 Å². The molecule has 0 saturated carbocycles. The molecule has 150 valence electrons. The molecule has 1 aromatic heterocycles. The zero-order valence-electron chi connectivity index (χ0n) is 16.0. The van der Waals surface area contributed by atoms with E-state index in [1.807, 2.05) is 19.2 Å². The zero-order valence-corrected chi connectivity index (χ0v) is 16.7. The largest absolute Gasteiger partial charge is 0.361 e. The van der Waals surface area contributed by atoms with Gasteiger partial charge in [-0.2, -0.15) is 0 Å². The first-order chi connectivity index (χ1) is 13.9. The SMILES string of the molecule is Cc1ccc(Cl)cc1NC(=O)[C@H]1CC(=O)N(CCc2c[nH]c3ccc(F)cc23)C1. The topological polar surface area (TPSA) is 65.2 Å². The molecule has 1 aliphatic rings. The van der Waals surface area contributed by atoms with Gasteiger partial charge in [-0.3, -0.25) is 9.59 Å². The van der Waals surface area contributed by atoms with Gasteiger partial charge in [0.05, 0.1) is 5.92 Å². The number of aryl methyl sites for hydroxylation is 1. The van der Waals surface area contributed by atoms with Gasteiger partial charge in [-0.25, -0.2) is 4.39 Å². The van der Waals surface area contributed by atoms with Crippen molar-refractivity contribution in [3.8, 4) is 0 Å². The first-order valence-electron chi connectivity index (χ1n) is 9.51. The summed E-state index contributed by atoms with van der Waals surface area (Å²) in [6.07, 6.45) is 2.63. The van der Waals surface area contributed by atoms with Crippen molar-refractivity contribution in [2.24, 2.45) is 5.92 Å². The summed E-state index contributed by atoms with van der Waals surface area (Å²) < 4.78 is 13.5. The number of anilines is 1. The van der Waals surface area contributed by atoms with Crippen molar-refractivity contribution in [3.05, 3.63) is 64.6 Å². The van der Waals surface area contributed by atoms with Gasteiger partial charge in [0, 0.05) is 47.3 Å². The number of rotatable bonds is 5. The van der Waals surface area contributed by atoms with Gasteiger partial charge in [0.1, 0.15) is 5.82 Å². The number of H-pyrrole nitrogens is 1. The van der Waals surface area contributed by atoms with Crippen molar-refractivity contribution in [1.82, 2.24) is 9.88 Å². The fourth-order valence-corrected chi connectivity index (χ4v) is 3.91. The van der Waals surface area contributed by atoms with Crippen molar-refractivity contribution >= 4 is 40.0 Å². The number of carbonyl (C=O) groups excluding carboxylic acids is 2. The molecule has 7 heteroatoms. The number of aromatic nitrogens is 1. The number of likely N-dealkylation sites (tertiary alicyclic amines) is 1. The van der Waals surface area contributed by atoms with Crippen LogP contribution in [0.5, 0.6) is 0 Å². The molecule has 2 heterocycles. The third-order valence-electron chi connectivity index (χ3n) is 5.42. The fraction of sp³-hybridized carbons (Fsp3) is 0.273. The molecule has 1 aliphatic heterocycles. The highest BCUT2D eigenvalue weighted by molar-refractivity contribution is 6.31. The maximum Gasteiger partial charge on any atom is 0.229 e. The number of fused-ring (bicyclic) bond motifs is 1. The number of halogens is 2. The molecular formula is C22H21ClFN3O2. The quantitative estimate of drug-likeness (QED) is 0.655. The fourth-order valence-electron chi connectivity index (χ4n) is 3.74. The van der Waals surface area contributed by atoms with E-state index in [2.05, 4.69) is 10.3 Å². The van der Waals surface area contributed by atoms with Crippen LogP contribution in [0.15, 0.2) is 42.6 Å². The molecule has 0 aliphatic carbocycles. The van der Waals surface area contributed by atoms with Crippen LogP contribution in [0.3, 0.4) is 0 Å². The van der Waals surface area contributed by atoms with Gasteiger partial charge in [0.25, 0.3) is 0 Å². The van der Waals surface area contributed by atoms with Crippen LogP contribution in [-0.4, -0.2) is 34.8 Å². The maximum atomic E-state index is 13.5. The highest BCUT2D eigenvalue weighted by Crippen LogP contribution is 2.25. The lowest BCUT2D eigenvalue weighted by Crippen LogP contribution is -2.30. The van der Waals surface area contributed by atoms with Crippen LogP contribution < -0.4 is 5.32 Å². The van der Waals surface area contributed by atoms with Crippen LogP contribution in [-0.2, 0) is 16.0 Å². The average Bonchev–Trinajstić information content (AvgIpc) is 3.26. The highest BCUT2D eigenvalue weighted by atomic mass is 35.5. The van der Waals surface area contributed by atoms with E-state index >= 15 is 0 Å². The third kappa shape index (κ3) is 4.12. The molecule has 0 spiro atoms. The Kier molecular flexibility index (Phi) is 5.28. The van der Waals surface area contributed by atoms with Crippen LogP contribution in [0.2, 0.25) is 5.02 Å². The number of nitrogens with one attached hydrogen (secondary N) is 2. The van der Waals surface area contributed by atoms with Crippen molar-refractivity contribution in [1.29, 1.82) is 0 Å². The molecule has 0 radical (unpaired) electrons. The smallest absolute Gasteiger partial charge is 0.229 e. The Hall–Kier alpha value is -2.86. The Morgan fingerprint density at radius 1 is 1.31 bits per heavy atom. The Balaban J connectivity index is 1.39. The molecule has 2 amide bonds. The minimum absolute atomic E-state index is 0.0426. The summed E-state index contributed by atoms with van der Waals surface area (Å²) in [7, 11) is 0. The number of benzene rings is 2. The zero-order chi connectivity index (χ0) is 20.5. The Morgan fingerprint density at radius 2 is 2.14 bits per heavy atom. The maximum absolute atomic E-state index is 13.5. The molecule has 1 saturated heterocycles. The monoisotopic (exact) mass is 413 g/mol. The number of hydrogen-bond acceptors (Lipinski definition) is 2. The van der Waals surface area contributed by atoms with Crippen LogP contribution in [0.4, 0.5) is 10.1 Å². The number of amides is 2. The lowest BCUT2D eigenvalue weighted by atomic mass is 10.1. The third-order valence-corrected chi connectivity index (χ3v) is 5.66. The van der Waals surface area contributed by atoms with Crippen LogP contribution in [0, 0.1) is 18.7 Å². The number of hydrogen-bond donors (Lipinski definition) is 2. The first kappa shape index (κ1) is 19.5. The minimum atomic E-state index is -0.402. The van der Waals surface area contributed by atoms with Crippen LogP contribution in [0.25, 0.3) is 10.9 Å². The molecule has 29 heavy (non-hydrogen) atoms. The second-order valence-corrected chi connectivity index (χ2v) is 7.88. The predicted octanol–water partition coefficient (Wildman–Crippen LogP) is 4.30. The summed E-state index contributed by atoms with van der Waals surface area (Å²) in [5.74, 6) is -0.913. The van der Waals surface area contributed by atoms with E-state index in [1.165, 1.54) is 12.1 Å². The lowest BCUT2D eigenvalue weighted by Gasteiger charge is -2.17. The molecule has 0 unspecified atom stereocenters. The molecule has 0 bridgehead atoms. The summed E-state index contributed by atoms with van der Waals surface area (Å²) in [5, 5.41) is 4.25. The van der Waals surface area contributed by atoms with Gasteiger partial charge < -0.3 is 15.2 Å². The summed E-state index contributed by atoms with van der Waals surface area (Å²) in [6, 6.07) is 9.93. The van der Waals surface area contributed by atoms with E-state index in [0.29, 0.717) is 30.2 Å². The van der Waals surface area contributed by atoms with Crippen molar-refractivity contribution in [3.63, 3.8) is 0 Å². The number of aromatic amines is 1. The molecule has 5 nitrogen and oxygen atoms in total. The molecule has 2 aromatic carbocycles. The normalized spacial score (nSPS) is 16.6.